The molecule has 1 heterocycles. The topological polar surface area (TPSA) is 77.1 Å². The number of hydrogen-bond donors (Lipinski definition) is 1. The molecule has 0 unspecified atom stereocenters. The third kappa shape index (κ3) is 4.05. The van der Waals surface area contributed by atoms with Gasteiger partial charge in [-0.05, 0) is 19.9 Å². The van der Waals surface area contributed by atoms with Gasteiger partial charge in [-0.2, -0.15) is 4.31 Å². The number of halogens is 1. The van der Waals surface area contributed by atoms with E-state index in [9.17, 15) is 8.42 Å². The first-order valence-corrected chi connectivity index (χ1v) is 8.89. The Kier molecular flexibility index (Phi) is 7.59. The number of methoxy groups -OCH3 is 3. The lowest BCUT2D eigenvalue weighted by molar-refractivity contribution is 0.294. The summed E-state index contributed by atoms with van der Waals surface area (Å²) in [6, 6.07) is 3.45. The predicted molar refractivity (Wildman–Crippen MR) is 94.2 cm³/mol. The maximum atomic E-state index is 13.0. The van der Waals surface area contributed by atoms with Gasteiger partial charge in [-0.1, -0.05) is 0 Å². The molecule has 0 aromatic heterocycles. The molecule has 0 saturated carbocycles. The predicted octanol–water partition coefficient (Wildman–Crippen LogP) is 1.51. The number of piperidine rings is 1. The standard InChI is InChI=1S/C15H24N2O5S.ClH/c1-16-11-5-7-17(8-6-11)23(18,19)15-13(21-3)9-12(20-2)10-14(15)22-4;/h9-11,16H,5-8H2,1-4H3;1H. The Bertz CT molecular complexity index is 620. The van der Waals surface area contributed by atoms with Crippen LogP contribution in [0.4, 0.5) is 0 Å². The van der Waals surface area contributed by atoms with E-state index in [0.29, 0.717) is 24.9 Å². The van der Waals surface area contributed by atoms with Gasteiger partial charge in [-0.3, -0.25) is 0 Å². The van der Waals surface area contributed by atoms with E-state index >= 15 is 0 Å². The molecule has 1 aliphatic rings. The van der Waals surface area contributed by atoms with Gasteiger partial charge in [0.1, 0.15) is 17.2 Å². The SMILES string of the molecule is CNC1CCN(S(=O)(=O)c2c(OC)cc(OC)cc2OC)CC1.Cl. The Labute approximate surface area is 149 Å². The third-order valence-corrected chi connectivity index (χ3v) is 6.09. The number of hydrogen-bond acceptors (Lipinski definition) is 6. The van der Waals surface area contributed by atoms with E-state index in [1.165, 1.54) is 25.6 Å². The molecule has 138 valence electrons. The second kappa shape index (κ2) is 8.75. The second-order valence-corrected chi connectivity index (χ2v) is 7.20. The van der Waals surface area contributed by atoms with Gasteiger partial charge >= 0.3 is 0 Å². The van der Waals surface area contributed by atoms with Crippen LogP contribution in [-0.2, 0) is 10.0 Å². The van der Waals surface area contributed by atoms with Gasteiger partial charge in [-0.25, -0.2) is 8.42 Å². The van der Waals surface area contributed by atoms with E-state index in [-0.39, 0.29) is 28.8 Å². The molecule has 9 heteroatoms. The number of nitrogens with one attached hydrogen (secondary N) is 1. The Balaban J connectivity index is 0.00000288. The van der Waals surface area contributed by atoms with Crippen molar-refractivity contribution in [2.45, 2.75) is 23.8 Å². The lowest BCUT2D eigenvalue weighted by Gasteiger charge is -2.31. The van der Waals surface area contributed by atoms with Crippen molar-refractivity contribution in [1.29, 1.82) is 0 Å². The summed E-state index contributed by atoms with van der Waals surface area (Å²) in [4.78, 5) is 0.0474. The minimum atomic E-state index is -3.70. The molecule has 1 aliphatic heterocycles. The second-order valence-electron chi connectivity index (χ2n) is 5.33. The maximum Gasteiger partial charge on any atom is 0.250 e. The minimum Gasteiger partial charge on any atom is -0.496 e. The third-order valence-electron chi connectivity index (χ3n) is 4.13. The van der Waals surface area contributed by atoms with Crippen LogP contribution in [0.2, 0.25) is 0 Å². The Hall–Kier alpha value is -1.22. The summed E-state index contributed by atoms with van der Waals surface area (Å²) in [5.41, 5.74) is 0. The number of sulfonamides is 1. The van der Waals surface area contributed by atoms with Crippen LogP contribution in [-0.4, -0.2) is 60.2 Å². The van der Waals surface area contributed by atoms with E-state index in [0.717, 1.165) is 12.8 Å². The smallest absolute Gasteiger partial charge is 0.250 e. The van der Waals surface area contributed by atoms with Crippen molar-refractivity contribution in [2.24, 2.45) is 0 Å². The van der Waals surface area contributed by atoms with Gasteiger partial charge in [-0.15, -0.1) is 12.4 Å². The van der Waals surface area contributed by atoms with Crippen LogP contribution in [0.25, 0.3) is 0 Å². The molecular formula is C15H25ClN2O5S. The fourth-order valence-electron chi connectivity index (χ4n) is 2.74. The maximum absolute atomic E-state index is 13.0. The minimum absolute atomic E-state index is 0. The molecule has 1 N–H and O–H groups in total. The summed E-state index contributed by atoms with van der Waals surface area (Å²) >= 11 is 0. The van der Waals surface area contributed by atoms with E-state index in [1.54, 1.807) is 12.1 Å². The van der Waals surface area contributed by atoms with E-state index in [4.69, 9.17) is 14.2 Å². The molecule has 1 fully saturated rings. The summed E-state index contributed by atoms with van der Waals surface area (Å²) in [5.74, 6) is 0.917. The molecule has 1 saturated heterocycles. The average Bonchev–Trinajstić information content (AvgIpc) is 2.60. The zero-order valence-electron chi connectivity index (χ0n) is 14.4. The summed E-state index contributed by atoms with van der Waals surface area (Å²) in [6.07, 6.45) is 1.55. The first-order valence-electron chi connectivity index (χ1n) is 7.45. The number of benzene rings is 1. The highest BCUT2D eigenvalue weighted by Gasteiger charge is 2.34. The molecule has 7 nitrogen and oxygen atoms in total. The summed E-state index contributed by atoms with van der Waals surface area (Å²) in [5, 5.41) is 3.19. The molecule has 0 amide bonds. The molecule has 0 atom stereocenters. The average molecular weight is 381 g/mol. The normalized spacial score (nSPS) is 16.3. The van der Waals surface area contributed by atoms with Gasteiger partial charge in [0.15, 0.2) is 4.90 Å². The van der Waals surface area contributed by atoms with Gasteiger partial charge in [0, 0.05) is 31.3 Å². The highest BCUT2D eigenvalue weighted by molar-refractivity contribution is 7.89. The van der Waals surface area contributed by atoms with Crippen molar-refractivity contribution in [3.05, 3.63) is 12.1 Å². The van der Waals surface area contributed by atoms with Crippen molar-refractivity contribution in [3.63, 3.8) is 0 Å². The molecular weight excluding hydrogens is 356 g/mol. The first-order chi connectivity index (χ1) is 11.0. The van der Waals surface area contributed by atoms with Gasteiger partial charge in [0.05, 0.1) is 21.3 Å². The zero-order chi connectivity index (χ0) is 17.0. The summed E-state index contributed by atoms with van der Waals surface area (Å²) < 4.78 is 43.3. The zero-order valence-corrected chi connectivity index (χ0v) is 16.0. The van der Waals surface area contributed by atoms with Crippen LogP contribution in [0.1, 0.15) is 12.8 Å². The molecule has 0 aliphatic carbocycles. The highest BCUT2D eigenvalue weighted by atomic mass is 35.5. The Morgan fingerprint density at radius 2 is 1.54 bits per heavy atom. The summed E-state index contributed by atoms with van der Waals surface area (Å²) in [6.45, 7) is 0.929. The molecule has 1 aromatic carbocycles. The van der Waals surface area contributed by atoms with Crippen molar-refractivity contribution in [3.8, 4) is 17.2 Å². The van der Waals surface area contributed by atoms with Crippen LogP contribution < -0.4 is 19.5 Å². The molecule has 24 heavy (non-hydrogen) atoms. The van der Waals surface area contributed by atoms with Crippen molar-refractivity contribution >= 4 is 22.4 Å². The van der Waals surface area contributed by atoms with Gasteiger partial charge in [0.25, 0.3) is 0 Å². The van der Waals surface area contributed by atoms with E-state index in [1.807, 2.05) is 7.05 Å². The summed E-state index contributed by atoms with van der Waals surface area (Å²) in [7, 11) is 2.56. The quantitative estimate of drug-likeness (QED) is 0.806. The van der Waals surface area contributed by atoms with Crippen LogP contribution in [0, 0.1) is 0 Å². The van der Waals surface area contributed by atoms with Crippen LogP contribution in [0.15, 0.2) is 17.0 Å². The molecule has 2 rings (SSSR count). The van der Waals surface area contributed by atoms with Crippen LogP contribution >= 0.6 is 12.4 Å². The highest BCUT2D eigenvalue weighted by Crippen LogP contribution is 2.39. The fraction of sp³-hybridized carbons (Fsp3) is 0.600. The molecule has 0 bridgehead atoms. The van der Waals surface area contributed by atoms with Crippen molar-refractivity contribution in [2.75, 3.05) is 41.5 Å². The Morgan fingerprint density at radius 3 is 1.92 bits per heavy atom. The number of nitrogens with zero attached hydrogens (tertiary/aromatic N) is 1. The van der Waals surface area contributed by atoms with Crippen LogP contribution in [0.5, 0.6) is 17.2 Å². The number of rotatable bonds is 6. The van der Waals surface area contributed by atoms with E-state index in [2.05, 4.69) is 5.32 Å². The van der Waals surface area contributed by atoms with Crippen molar-refractivity contribution < 1.29 is 22.6 Å². The number of ether oxygens (including phenoxy) is 3. The molecule has 0 radical (unpaired) electrons. The largest absolute Gasteiger partial charge is 0.496 e. The van der Waals surface area contributed by atoms with E-state index < -0.39 is 10.0 Å². The lowest BCUT2D eigenvalue weighted by Crippen LogP contribution is -2.44. The Morgan fingerprint density at radius 1 is 1.04 bits per heavy atom. The first kappa shape index (κ1) is 20.8. The van der Waals surface area contributed by atoms with Crippen LogP contribution in [0.3, 0.4) is 0 Å². The monoisotopic (exact) mass is 380 g/mol. The fourth-order valence-corrected chi connectivity index (χ4v) is 4.48. The van der Waals surface area contributed by atoms with Gasteiger partial charge < -0.3 is 19.5 Å². The lowest BCUT2D eigenvalue weighted by atomic mass is 10.1. The van der Waals surface area contributed by atoms with Gasteiger partial charge in [0.2, 0.25) is 10.0 Å². The van der Waals surface area contributed by atoms with Crippen molar-refractivity contribution in [1.82, 2.24) is 9.62 Å². The molecule has 0 spiro atoms. The molecule has 1 aromatic rings.